The Morgan fingerprint density at radius 2 is 1.74 bits per heavy atom. The molecule has 1 aliphatic rings. The zero-order valence-electron chi connectivity index (χ0n) is 10.4. The van der Waals surface area contributed by atoms with Crippen molar-refractivity contribution in [2.45, 2.75) is 12.3 Å². The van der Waals surface area contributed by atoms with Gasteiger partial charge in [-0.1, -0.05) is 12.1 Å². The van der Waals surface area contributed by atoms with E-state index >= 15 is 0 Å². The molecule has 1 heterocycles. The summed E-state index contributed by atoms with van der Waals surface area (Å²) in [5, 5.41) is 10.0. The minimum absolute atomic E-state index is 0.411. The summed E-state index contributed by atoms with van der Waals surface area (Å²) in [5.41, 5.74) is -0.200. The number of hydrogen-bond acceptors (Lipinski definition) is 3. The van der Waals surface area contributed by atoms with Crippen LogP contribution in [0.3, 0.4) is 0 Å². The van der Waals surface area contributed by atoms with Crippen LogP contribution >= 0.6 is 0 Å². The van der Waals surface area contributed by atoms with Crippen molar-refractivity contribution in [1.29, 1.82) is 0 Å². The standard InChI is InChI=1S/C13H16F3NO2/c14-13(15,16)11-3-1-10(2-4-11)12(18)9-17-5-7-19-8-6-17/h1-4,12,18H,5-9H2/t12-/m0/s1. The minimum atomic E-state index is -4.34. The van der Waals surface area contributed by atoms with E-state index < -0.39 is 17.8 Å². The summed E-state index contributed by atoms with van der Waals surface area (Å²) < 4.78 is 42.4. The van der Waals surface area contributed by atoms with E-state index in [9.17, 15) is 18.3 Å². The van der Waals surface area contributed by atoms with Crippen LogP contribution in [-0.2, 0) is 10.9 Å². The number of alkyl halides is 3. The fourth-order valence-corrected chi connectivity index (χ4v) is 2.03. The van der Waals surface area contributed by atoms with Crippen molar-refractivity contribution in [3.05, 3.63) is 35.4 Å². The van der Waals surface area contributed by atoms with Crippen LogP contribution in [0.15, 0.2) is 24.3 Å². The summed E-state index contributed by atoms with van der Waals surface area (Å²) >= 11 is 0. The van der Waals surface area contributed by atoms with E-state index in [4.69, 9.17) is 4.74 Å². The molecule has 0 aliphatic carbocycles. The first-order chi connectivity index (χ1) is 8.97. The molecule has 0 amide bonds. The first kappa shape index (κ1) is 14.3. The second kappa shape index (κ2) is 5.90. The van der Waals surface area contributed by atoms with Gasteiger partial charge in [-0.25, -0.2) is 0 Å². The molecule has 0 saturated carbocycles. The van der Waals surface area contributed by atoms with Crippen molar-refractivity contribution in [2.75, 3.05) is 32.8 Å². The highest BCUT2D eigenvalue weighted by atomic mass is 19.4. The van der Waals surface area contributed by atoms with E-state index in [1.54, 1.807) is 0 Å². The lowest BCUT2D eigenvalue weighted by Gasteiger charge is -2.28. The topological polar surface area (TPSA) is 32.7 Å². The molecule has 1 aliphatic heterocycles. The molecule has 0 aromatic heterocycles. The zero-order valence-corrected chi connectivity index (χ0v) is 10.4. The van der Waals surface area contributed by atoms with Crippen molar-refractivity contribution in [2.24, 2.45) is 0 Å². The predicted octanol–water partition coefficient (Wildman–Crippen LogP) is 2.07. The van der Waals surface area contributed by atoms with Crippen molar-refractivity contribution >= 4 is 0 Å². The molecule has 0 unspecified atom stereocenters. The van der Waals surface area contributed by atoms with Crippen molar-refractivity contribution in [1.82, 2.24) is 4.90 Å². The summed E-state index contributed by atoms with van der Waals surface area (Å²) in [6.45, 7) is 3.13. The molecule has 0 bridgehead atoms. The summed E-state index contributed by atoms with van der Waals surface area (Å²) in [4.78, 5) is 2.03. The molecule has 0 radical (unpaired) electrons. The van der Waals surface area contributed by atoms with Crippen LogP contribution in [0.5, 0.6) is 0 Å². The van der Waals surface area contributed by atoms with E-state index in [0.29, 0.717) is 25.3 Å². The molecule has 19 heavy (non-hydrogen) atoms. The van der Waals surface area contributed by atoms with Crippen LogP contribution in [0, 0.1) is 0 Å². The monoisotopic (exact) mass is 275 g/mol. The summed E-state index contributed by atoms with van der Waals surface area (Å²) in [6.07, 6.45) is -5.12. The number of morpholine rings is 1. The number of β-amino-alcohol motifs (C(OH)–C–C–N with tert-alkyl or cyclic N) is 1. The largest absolute Gasteiger partial charge is 0.416 e. The smallest absolute Gasteiger partial charge is 0.387 e. The quantitative estimate of drug-likeness (QED) is 0.916. The van der Waals surface area contributed by atoms with Crippen LogP contribution in [-0.4, -0.2) is 42.9 Å². The maximum atomic E-state index is 12.4. The summed E-state index contributed by atoms with van der Waals surface area (Å²) in [6, 6.07) is 4.65. The molecule has 1 atom stereocenters. The van der Waals surface area contributed by atoms with Gasteiger partial charge in [-0.2, -0.15) is 13.2 Å². The minimum Gasteiger partial charge on any atom is -0.387 e. The Morgan fingerprint density at radius 3 is 2.26 bits per heavy atom. The molecular weight excluding hydrogens is 259 g/mol. The SMILES string of the molecule is O[C@@H](CN1CCOCC1)c1ccc(C(F)(F)F)cc1. The van der Waals surface area contributed by atoms with Gasteiger partial charge in [0.15, 0.2) is 0 Å². The Balaban J connectivity index is 1.97. The molecule has 1 N–H and O–H groups in total. The predicted molar refractivity (Wildman–Crippen MR) is 63.7 cm³/mol. The first-order valence-electron chi connectivity index (χ1n) is 6.12. The van der Waals surface area contributed by atoms with E-state index in [0.717, 1.165) is 25.2 Å². The second-order valence-electron chi connectivity index (χ2n) is 4.55. The number of halogens is 3. The van der Waals surface area contributed by atoms with Gasteiger partial charge in [0, 0.05) is 19.6 Å². The van der Waals surface area contributed by atoms with Gasteiger partial charge in [0.05, 0.1) is 24.9 Å². The Morgan fingerprint density at radius 1 is 1.16 bits per heavy atom. The lowest BCUT2D eigenvalue weighted by Crippen LogP contribution is -2.38. The third-order valence-corrected chi connectivity index (χ3v) is 3.16. The van der Waals surface area contributed by atoms with Gasteiger partial charge < -0.3 is 9.84 Å². The van der Waals surface area contributed by atoms with Crippen LogP contribution in [0.1, 0.15) is 17.2 Å². The molecule has 6 heteroatoms. The molecule has 1 saturated heterocycles. The van der Waals surface area contributed by atoms with Crippen molar-refractivity contribution in [3.8, 4) is 0 Å². The highest BCUT2D eigenvalue weighted by molar-refractivity contribution is 5.26. The molecule has 3 nitrogen and oxygen atoms in total. The number of ether oxygens (including phenoxy) is 1. The lowest BCUT2D eigenvalue weighted by molar-refractivity contribution is -0.137. The number of aliphatic hydroxyl groups excluding tert-OH is 1. The highest BCUT2D eigenvalue weighted by Gasteiger charge is 2.30. The van der Waals surface area contributed by atoms with Gasteiger partial charge in [-0.05, 0) is 17.7 Å². The van der Waals surface area contributed by atoms with Crippen molar-refractivity contribution < 1.29 is 23.0 Å². The average molecular weight is 275 g/mol. The van der Waals surface area contributed by atoms with Gasteiger partial charge in [-0.15, -0.1) is 0 Å². The van der Waals surface area contributed by atoms with Gasteiger partial charge in [0.1, 0.15) is 0 Å². The Kier molecular flexibility index (Phi) is 4.44. The highest BCUT2D eigenvalue weighted by Crippen LogP contribution is 2.30. The molecule has 1 fully saturated rings. The Labute approximate surface area is 109 Å². The number of aliphatic hydroxyl groups is 1. The summed E-state index contributed by atoms with van der Waals surface area (Å²) in [5.74, 6) is 0. The molecule has 106 valence electrons. The second-order valence-corrected chi connectivity index (χ2v) is 4.55. The van der Waals surface area contributed by atoms with Crippen molar-refractivity contribution in [3.63, 3.8) is 0 Å². The zero-order chi connectivity index (χ0) is 13.9. The van der Waals surface area contributed by atoms with Gasteiger partial charge in [0.2, 0.25) is 0 Å². The van der Waals surface area contributed by atoms with Gasteiger partial charge in [-0.3, -0.25) is 4.90 Å². The maximum absolute atomic E-state index is 12.4. The Hall–Kier alpha value is -1.11. The average Bonchev–Trinajstić information content (AvgIpc) is 2.39. The number of nitrogens with zero attached hydrogens (tertiary/aromatic N) is 1. The van der Waals surface area contributed by atoms with E-state index in [2.05, 4.69) is 0 Å². The third-order valence-electron chi connectivity index (χ3n) is 3.16. The van der Waals surface area contributed by atoms with E-state index in [-0.39, 0.29) is 0 Å². The van der Waals surface area contributed by atoms with E-state index in [1.165, 1.54) is 12.1 Å². The third kappa shape index (κ3) is 3.92. The lowest BCUT2D eigenvalue weighted by atomic mass is 10.1. The number of rotatable bonds is 3. The summed E-state index contributed by atoms with van der Waals surface area (Å²) in [7, 11) is 0. The molecular formula is C13H16F3NO2. The maximum Gasteiger partial charge on any atom is 0.416 e. The van der Waals surface area contributed by atoms with Crippen LogP contribution in [0.25, 0.3) is 0 Å². The molecule has 2 rings (SSSR count). The first-order valence-corrected chi connectivity index (χ1v) is 6.12. The fourth-order valence-electron chi connectivity index (χ4n) is 2.03. The Bertz CT molecular complexity index is 399. The number of benzene rings is 1. The van der Waals surface area contributed by atoms with Gasteiger partial charge in [0.25, 0.3) is 0 Å². The molecule has 0 spiro atoms. The van der Waals surface area contributed by atoms with E-state index in [1.807, 2.05) is 4.90 Å². The normalized spacial score (nSPS) is 19.4. The number of hydrogen-bond donors (Lipinski definition) is 1. The molecule has 1 aromatic rings. The van der Waals surface area contributed by atoms with Crippen LogP contribution in [0.4, 0.5) is 13.2 Å². The van der Waals surface area contributed by atoms with Gasteiger partial charge >= 0.3 is 6.18 Å². The molecule has 1 aromatic carbocycles. The van der Waals surface area contributed by atoms with Crippen LogP contribution < -0.4 is 0 Å². The van der Waals surface area contributed by atoms with Crippen LogP contribution in [0.2, 0.25) is 0 Å². The fraction of sp³-hybridized carbons (Fsp3) is 0.538.